The van der Waals surface area contributed by atoms with Crippen molar-refractivity contribution in [2.45, 2.75) is 23.7 Å². The number of aromatic nitrogens is 3. The summed E-state index contributed by atoms with van der Waals surface area (Å²) in [5.41, 5.74) is 1.65. The number of anilines is 1. The Labute approximate surface area is 206 Å². The number of pyridine rings is 1. The quantitative estimate of drug-likeness (QED) is 0.286. The molecule has 186 valence electrons. The van der Waals surface area contributed by atoms with E-state index in [0.717, 1.165) is 6.54 Å². The number of hydrogen-bond acceptors (Lipinski definition) is 4. The van der Waals surface area contributed by atoms with E-state index >= 15 is 0 Å². The number of alkyl halides is 4. The van der Waals surface area contributed by atoms with Crippen LogP contribution in [0.2, 0.25) is 0 Å². The van der Waals surface area contributed by atoms with Crippen molar-refractivity contribution in [3.8, 4) is 11.8 Å². The summed E-state index contributed by atoms with van der Waals surface area (Å²) >= 11 is -1.85. The fourth-order valence-corrected chi connectivity index (χ4v) is 5.38. The van der Waals surface area contributed by atoms with Gasteiger partial charge in [0.1, 0.15) is 0 Å². The van der Waals surface area contributed by atoms with Gasteiger partial charge in [-0.15, -0.1) is 0 Å². The van der Waals surface area contributed by atoms with Crippen LogP contribution >= 0.6 is 0 Å². The molecule has 4 rings (SSSR count). The molecule has 7 nitrogen and oxygen atoms in total. The van der Waals surface area contributed by atoms with Gasteiger partial charge in [0, 0.05) is 0 Å². The van der Waals surface area contributed by atoms with Gasteiger partial charge in [-0.25, -0.2) is 0 Å². The van der Waals surface area contributed by atoms with Gasteiger partial charge in [-0.1, -0.05) is 0 Å². The van der Waals surface area contributed by atoms with Crippen LogP contribution in [0.1, 0.15) is 22.3 Å². The SMILES string of the molecule is CN1CC[C@@H](Nc2cccn3c([Se]C(F)(F)F)c(C#CCNC(=O)c4cnn(C)c4)cc23)[C@@H](F)C1. The second-order valence-electron chi connectivity index (χ2n) is 8.29. The Morgan fingerprint density at radius 2 is 2.14 bits per heavy atom. The first-order valence-corrected chi connectivity index (χ1v) is 12.6. The summed E-state index contributed by atoms with van der Waals surface area (Å²) in [5, 5.41) is 5.34. The van der Waals surface area contributed by atoms with Gasteiger partial charge in [-0.05, 0) is 0 Å². The molecule has 0 aromatic carbocycles. The molecule has 2 atom stereocenters. The Bertz CT molecular complexity index is 1270. The van der Waals surface area contributed by atoms with Crippen LogP contribution < -0.4 is 15.2 Å². The van der Waals surface area contributed by atoms with E-state index in [9.17, 15) is 22.4 Å². The Hall–Kier alpha value is -3.00. The fourth-order valence-electron chi connectivity index (χ4n) is 3.92. The number of aryl methyl sites for hydroxylation is 1. The van der Waals surface area contributed by atoms with Crippen LogP contribution in [0.4, 0.5) is 23.2 Å². The molecule has 1 saturated heterocycles. The molecule has 3 aromatic rings. The minimum absolute atomic E-state index is 0.0391. The van der Waals surface area contributed by atoms with E-state index in [2.05, 4.69) is 27.6 Å². The molecule has 1 aliphatic rings. The van der Waals surface area contributed by atoms with Crippen molar-refractivity contribution in [1.82, 2.24) is 24.4 Å². The number of carbonyl (C=O) groups excluding carboxylic acids is 1. The number of nitrogens with one attached hydrogen (secondary N) is 2. The van der Waals surface area contributed by atoms with E-state index in [1.807, 2.05) is 11.9 Å². The predicted molar refractivity (Wildman–Crippen MR) is 126 cm³/mol. The van der Waals surface area contributed by atoms with E-state index in [-0.39, 0.29) is 22.6 Å². The normalized spacial score (nSPS) is 18.8. The first-order chi connectivity index (χ1) is 16.6. The van der Waals surface area contributed by atoms with Crippen molar-refractivity contribution in [2.75, 3.05) is 32.0 Å². The second-order valence-corrected chi connectivity index (χ2v) is 10.5. The first-order valence-electron chi connectivity index (χ1n) is 10.9. The van der Waals surface area contributed by atoms with Gasteiger partial charge in [0.15, 0.2) is 0 Å². The number of likely N-dealkylation sites (tertiary alicyclic amines) is 1. The number of nitrogens with zero attached hydrogens (tertiary/aromatic N) is 4. The van der Waals surface area contributed by atoms with Gasteiger partial charge in [-0.3, -0.25) is 0 Å². The molecule has 1 fully saturated rings. The molecule has 0 bridgehead atoms. The summed E-state index contributed by atoms with van der Waals surface area (Å²) in [6, 6.07) is 4.53. The molecule has 0 spiro atoms. The Morgan fingerprint density at radius 3 is 2.83 bits per heavy atom. The summed E-state index contributed by atoms with van der Waals surface area (Å²) in [7, 11) is 3.54. The zero-order chi connectivity index (χ0) is 25.2. The number of fused-ring (bicyclic) bond motifs is 1. The van der Waals surface area contributed by atoms with E-state index in [4.69, 9.17) is 0 Å². The van der Waals surface area contributed by atoms with Gasteiger partial charge < -0.3 is 0 Å². The molecule has 4 heterocycles. The van der Waals surface area contributed by atoms with E-state index < -0.39 is 32.2 Å². The molecule has 1 amide bonds. The summed E-state index contributed by atoms with van der Waals surface area (Å²) < 4.78 is 57.8. The monoisotopic (exact) mass is 556 g/mol. The van der Waals surface area contributed by atoms with Gasteiger partial charge in [-0.2, -0.15) is 0 Å². The third kappa shape index (κ3) is 6.17. The zero-order valence-electron chi connectivity index (χ0n) is 19.1. The van der Waals surface area contributed by atoms with E-state index in [1.165, 1.54) is 15.3 Å². The maximum atomic E-state index is 14.6. The van der Waals surface area contributed by atoms with Crippen molar-refractivity contribution in [3.05, 3.63) is 47.9 Å². The van der Waals surface area contributed by atoms with Gasteiger partial charge in [0.25, 0.3) is 0 Å². The molecule has 0 radical (unpaired) electrons. The number of piperidine rings is 1. The van der Waals surface area contributed by atoms with Crippen LogP contribution in [-0.4, -0.2) is 83.9 Å². The van der Waals surface area contributed by atoms with Crippen molar-refractivity contribution in [2.24, 2.45) is 7.05 Å². The topological polar surface area (TPSA) is 66.6 Å². The molecule has 12 heteroatoms. The van der Waals surface area contributed by atoms with Crippen LogP contribution in [0.25, 0.3) is 5.52 Å². The molecular formula is C23H24F4N6OSe. The van der Waals surface area contributed by atoms with Crippen LogP contribution in [0.5, 0.6) is 0 Å². The molecule has 2 N–H and O–H groups in total. The summed E-state index contributed by atoms with van der Waals surface area (Å²) in [6.07, 6.45) is 4.01. The van der Waals surface area contributed by atoms with Crippen LogP contribution in [0.3, 0.4) is 0 Å². The number of carbonyl (C=O) groups is 1. The van der Waals surface area contributed by atoms with Crippen LogP contribution in [0.15, 0.2) is 36.8 Å². The number of rotatable bonds is 5. The Morgan fingerprint density at radius 1 is 1.34 bits per heavy atom. The molecular weight excluding hydrogens is 531 g/mol. The fraction of sp³-hybridized carbons (Fsp3) is 0.391. The molecule has 0 saturated carbocycles. The summed E-state index contributed by atoms with van der Waals surface area (Å²) in [4.78, 5) is 14.0. The molecule has 1 aliphatic heterocycles. The molecule has 0 unspecified atom stereocenters. The minimum atomic E-state index is -4.38. The van der Waals surface area contributed by atoms with Crippen molar-refractivity contribution >= 4 is 36.7 Å². The third-order valence-corrected chi connectivity index (χ3v) is 7.35. The summed E-state index contributed by atoms with van der Waals surface area (Å²) in [6.45, 7) is 0.987. The summed E-state index contributed by atoms with van der Waals surface area (Å²) in [5.74, 6) is 5.15. The Kier molecular flexibility index (Phi) is 7.40. The van der Waals surface area contributed by atoms with Crippen molar-refractivity contribution in [1.29, 1.82) is 0 Å². The van der Waals surface area contributed by atoms with Crippen LogP contribution in [0, 0.1) is 11.8 Å². The van der Waals surface area contributed by atoms with Gasteiger partial charge >= 0.3 is 206 Å². The van der Waals surface area contributed by atoms with Gasteiger partial charge in [0.05, 0.1) is 0 Å². The number of amides is 1. The molecule has 0 aliphatic carbocycles. The zero-order valence-corrected chi connectivity index (χ0v) is 20.8. The maximum absolute atomic E-state index is 14.6. The Balaban J connectivity index is 1.59. The first kappa shape index (κ1) is 25.1. The molecule has 35 heavy (non-hydrogen) atoms. The van der Waals surface area contributed by atoms with E-state index in [1.54, 1.807) is 37.6 Å². The number of halogens is 4. The number of hydrogen-bond donors (Lipinski definition) is 2. The molecule has 3 aromatic heterocycles. The van der Waals surface area contributed by atoms with Crippen LogP contribution in [-0.2, 0) is 7.05 Å². The average molecular weight is 555 g/mol. The second kappa shape index (κ2) is 10.3. The van der Waals surface area contributed by atoms with Gasteiger partial charge in [0.2, 0.25) is 0 Å². The predicted octanol–water partition coefficient (Wildman–Crippen LogP) is 1.76. The van der Waals surface area contributed by atoms with Crippen molar-refractivity contribution < 1.29 is 22.4 Å². The third-order valence-electron chi connectivity index (χ3n) is 5.59. The average Bonchev–Trinajstić information content (AvgIpc) is 3.36. The van der Waals surface area contributed by atoms with Crippen molar-refractivity contribution in [3.63, 3.8) is 0 Å². The van der Waals surface area contributed by atoms with E-state index in [0.29, 0.717) is 29.7 Å². The standard InChI is InChI=1S/C23H24F4N6OSe/c1-31-10-7-18(17(24)14-31)30-19-6-4-9-33-20(19)11-15(22(33)35-23(25,26)27)5-3-8-28-21(34)16-12-29-32(2)13-16/h4,6,9,11-13,17-18,30H,7-8,10,14H2,1-2H3,(H,28,34)/t17-,18+/m0/s1.